The molecule has 3 rings (SSSR count). The Hall–Kier alpha value is -2.10. The lowest BCUT2D eigenvalue weighted by Crippen LogP contribution is -1.97. The number of amides is 1. The van der Waals surface area contributed by atoms with Crippen molar-refractivity contribution in [1.82, 2.24) is 4.98 Å². The Bertz CT molecular complexity index is 798. The summed E-state index contributed by atoms with van der Waals surface area (Å²) in [6.45, 7) is 2.24. The monoisotopic (exact) mass is 410 g/mol. The van der Waals surface area contributed by atoms with E-state index in [0.29, 0.717) is 16.8 Å². The number of carbonyl (C=O) groups excluding carboxylic acids is 1. The van der Waals surface area contributed by atoms with Gasteiger partial charge >= 0.3 is 0 Å². The topological polar surface area (TPSA) is 65.5 Å². The van der Waals surface area contributed by atoms with Crippen LogP contribution in [0.5, 0.6) is 5.88 Å². The minimum absolute atomic E-state index is 0.0750. The van der Waals surface area contributed by atoms with Gasteiger partial charge in [-0.05, 0) is 50.2 Å². The second-order valence-electron chi connectivity index (χ2n) is 8.75. The number of hydrogen-bond acceptors (Lipinski definition) is 2. The van der Waals surface area contributed by atoms with E-state index in [-0.39, 0.29) is 11.8 Å². The molecule has 1 aromatic rings. The quantitative estimate of drug-likeness (QED) is 0.392. The van der Waals surface area contributed by atoms with Crippen molar-refractivity contribution in [3.8, 4) is 5.88 Å². The Morgan fingerprint density at radius 3 is 2.57 bits per heavy atom. The zero-order valence-corrected chi connectivity index (χ0v) is 18.6. The summed E-state index contributed by atoms with van der Waals surface area (Å²) in [5.74, 6) is -0.154. The van der Waals surface area contributed by atoms with Gasteiger partial charge in [-0.3, -0.25) is 4.79 Å². The van der Waals surface area contributed by atoms with E-state index >= 15 is 0 Å². The van der Waals surface area contributed by atoms with Crippen molar-refractivity contribution in [2.45, 2.75) is 103 Å². The van der Waals surface area contributed by atoms with Crippen LogP contribution in [0.3, 0.4) is 0 Å². The number of aromatic nitrogens is 1. The van der Waals surface area contributed by atoms with Gasteiger partial charge in [0.2, 0.25) is 0 Å². The molecular formula is C26H38N2O2. The third-order valence-electron chi connectivity index (χ3n) is 6.28. The summed E-state index contributed by atoms with van der Waals surface area (Å²) in [6, 6.07) is 0. The number of fused-ring (bicyclic) bond motifs is 1. The number of H-pyrrole nitrogens is 1. The van der Waals surface area contributed by atoms with Crippen LogP contribution in [0.25, 0.3) is 5.57 Å². The minimum atomic E-state index is -0.229. The molecule has 30 heavy (non-hydrogen) atoms. The van der Waals surface area contributed by atoms with E-state index in [1.807, 2.05) is 6.08 Å². The average Bonchev–Trinajstić information content (AvgIpc) is 3.29. The molecule has 0 unspecified atom stereocenters. The molecule has 1 amide bonds. The lowest BCUT2D eigenvalue weighted by molar-refractivity contribution is 0.101. The van der Waals surface area contributed by atoms with Crippen LogP contribution in [0.4, 0.5) is 0 Å². The van der Waals surface area contributed by atoms with Gasteiger partial charge in [0.25, 0.3) is 5.91 Å². The van der Waals surface area contributed by atoms with Gasteiger partial charge in [-0.15, -0.1) is 0 Å². The highest BCUT2D eigenvalue weighted by Crippen LogP contribution is 2.37. The standard InChI is InChI=1S/C26H38N2O2/c1-2-3-4-5-6-7-8-13-16-19-21-22-23(26(30)27-21)24(28-25(22)29)20-17-14-11-9-10-12-15-18-20/h16-17,19,28-29H,2-15,18H2,1H3/b19-16+,20-17+. The molecule has 2 aliphatic rings. The maximum Gasteiger partial charge on any atom is 0.280 e. The van der Waals surface area contributed by atoms with Gasteiger partial charge in [-0.2, -0.15) is 0 Å². The molecule has 0 fully saturated rings. The van der Waals surface area contributed by atoms with Crippen LogP contribution in [0.2, 0.25) is 0 Å². The first kappa shape index (κ1) is 22.6. The van der Waals surface area contributed by atoms with Crippen molar-refractivity contribution in [2.24, 2.45) is 4.99 Å². The van der Waals surface area contributed by atoms with Gasteiger partial charge in [0.15, 0.2) is 5.88 Å². The normalized spacial score (nSPS) is 19.2. The molecule has 0 bridgehead atoms. The number of rotatable bonds is 10. The zero-order valence-electron chi connectivity index (χ0n) is 18.6. The maximum atomic E-state index is 12.7. The first-order chi connectivity index (χ1) is 14.7. The van der Waals surface area contributed by atoms with Gasteiger partial charge in [-0.1, -0.05) is 76.9 Å². The van der Waals surface area contributed by atoms with Crippen molar-refractivity contribution in [3.05, 3.63) is 35.0 Å². The summed E-state index contributed by atoms with van der Waals surface area (Å²) in [5.41, 5.74) is 3.70. The number of aromatic hydroxyl groups is 1. The van der Waals surface area contributed by atoms with Gasteiger partial charge in [-0.25, -0.2) is 4.99 Å². The fourth-order valence-corrected chi connectivity index (χ4v) is 4.54. The molecule has 0 spiro atoms. The summed E-state index contributed by atoms with van der Waals surface area (Å²) in [4.78, 5) is 20.0. The third-order valence-corrected chi connectivity index (χ3v) is 6.28. The van der Waals surface area contributed by atoms with E-state index < -0.39 is 0 Å². The molecule has 1 aromatic heterocycles. The van der Waals surface area contributed by atoms with Crippen molar-refractivity contribution >= 4 is 17.2 Å². The highest BCUT2D eigenvalue weighted by molar-refractivity contribution is 6.27. The number of aromatic amines is 1. The van der Waals surface area contributed by atoms with Crippen LogP contribution in [0.1, 0.15) is 125 Å². The summed E-state index contributed by atoms with van der Waals surface area (Å²) in [6.07, 6.45) is 24.3. The van der Waals surface area contributed by atoms with E-state index in [2.05, 4.69) is 29.1 Å². The van der Waals surface area contributed by atoms with Crippen LogP contribution < -0.4 is 0 Å². The third kappa shape index (κ3) is 5.96. The Labute approximate surface area is 181 Å². The smallest absolute Gasteiger partial charge is 0.280 e. The first-order valence-corrected chi connectivity index (χ1v) is 12.2. The van der Waals surface area contributed by atoms with Crippen LogP contribution in [-0.4, -0.2) is 21.7 Å². The number of nitrogens with one attached hydrogen (secondary N) is 1. The molecule has 0 saturated carbocycles. The molecule has 2 N–H and O–H groups in total. The second-order valence-corrected chi connectivity index (χ2v) is 8.75. The van der Waals surface area contributed by atoms with Crippen molar-refractivity contribution in [3.63, 3.8) is 0 Å². The highest BCUT2D eigenvalue weighted by atomic mass is 16.3. The number of carbonyl (C=O) groups is 1. The van der Waals surface area contributed by atoms with E-state index in [1.165, 1.54) is 64.2 Å². The van der Waals surface area contributed by atoms with Crippen LogP contribution >= 0.6 is 0 Å². The molecule has 1 aliphatic carbocycles. The van der Waals surface area contributed by atoms with Gasteiger partial charge in [0, 0.05) is 0 Å². The van der Waals surface area contributed by atoms with Crippen molar-refractivity contribution in [1.29, 1.82) is 0 Å². The molecular weight excluding hydrogens is 372 g/mol. The van der Waals surface area contributed by atoms with E-state index in [4.69, 9.17) is 0 Å². The molecule has 164 valence electrons. The number of aliphatic imine (C=N–C) groups is 1. The molecule has 4 nitrogen and oxygen atoms in total. The summed E-state index contributed by atoms with van der Waals surface area (Å²) in [5, 5.41) is 10.5. The fourth-order valence-electron chi connectivity index (χ4n) is 4.54. The molecule has 4 heteroatoms. The predicted octanol–water partition coefficient (Wildman–Crippen LogP) is 7.49. The largest absolute Gasteiger partial charge is 0.494 e. The van der Waals surface area contributed by atoms with Gasteiger partial charge in [0.1, 0.15) is 0 Å². The van der Waals surface area contributed by atoms with E-state index in [0.717, 1.165) is 43.4 Å². The van der Waals surface area contributed by atoms with Crippen LogP contribution in [0, 0.1) is 0 Å². The second kappa shape index (κ2) is 11.9. The molecule has 0 aromatic carbocycles. The van der Waals surface area contributed by atoms with Gasteiger partial charge in [0.05, 0.1) is 22.5 Å². The Morgan fingerprint density at radius 2 is 1.73 bits per heavy atom. The fraction of sp³-hybridized carbons (Fsp3) is 0.615. The highest BCUT2D eigenvalue weighted by Gasteiger charge is 2.32. The van der Waals surface area contributed by atoms with E-state index in [1.54, 1.807) is 0 Å². The van der Waals surface area contributed by atoms with E-state index in [9.17, 15) is 9.90 Å². The first-order valence-electron chi connectivity index (χ1n) is 12.2. The number of nitrogens with zero attached hydrogens (tertiary/aromatic N) is 1. The average molecular weight is 411 g/mol. The number of hydrogen-bond donors (Lipinski definition) is 2. The van der Waals surface area contributed by atoms with Crippen LogP contribution in [0.15, 0.2) is 23.2 Å². The Morgan fingerprint density at radius 1 is 1.00 bits per heavy atom. The summed E-state index contributed by atoms with van der Waals surface area (Å²) >= 11 is 0. The minimum Gasteiger partial charge on any atom is -0.494 e. The predicted molar refractivity (Wildman–Crippen MR) is 125 cm³/mol. The number of unbranched alkanes of at least 4 members (excludes halogenated alkanes) is 7. The molecule has 2 heterocycles. The summed E-state index contributed by atoms with van der Waals surface area (Å²) < 4.78 is 0. The lowest BCUT2D eigenvalue weighted by atomic mass is 9.99. The summed E-state index contributed by atoms with van der Waals surface area (Å²) in [7, 11) is 0. The number of allylic oxidation sites excluding steroid dienone is 4. The maximum absolute atomic E-state index is 12.7. The molecule has 0 radical (unpaired) electrons. The molecule has 0 saturated heterocycles. The molecule has 0 atom stereocenters. The Balaban J connectivity index is 1.61. The van der Waals surface area contributed by atoms with Crippen molar-refractivity contribution in [2.75, 3.05) is 0 Å². The van der Waals surface area contributed by atoms with Crippen molar-refractivity contribution < 1.29 is 9.90 Å². The zero-order chi connectivity index (χ0) is 21.2. The van der Waals surface area contributed by atoms with Crippen LogP contribution in [-0.2, 0) is 0 Å². The van der Waals surface area contributed by atoms with Gasteiger partial charge < -0.3 is 10.1 Å². The SMILES string of the molecule is CCCCCCCCC/C=C/C1=NC(=O)c2c(/C3=C/CCCCCCC3)[nH]c(O)c21. The Kier molecular flexibility index (Phi) is 8.98. The molecule has 1 aliphatic heterocycles. The lowest BCUT2D eigenvalue weighted by Gasteiger charge is -2.06.